The molecule has 3 heterocycles. The molecular formula is C24H19ClN4O2S. The van der Waals surface area contributed by atoms with Crippen molar-refractivity contribution in [2.75, 3.05) is 18.6 Å². The minimum Gasteiger partial charge on any atom is -0.497 e. The molecule has 1 aliphatic heterocycles. The maximum absolute atomic E-state index is 13.5. The van der Waals surface area contributed by atoms with Crippen LogP contribution in [0.2, 0.25) is 5.02 Å². The van der Waals surface area contributed by atoms with Gasteiger partial charge in [-0.3, -0.25) is 4.79 Å². The first-order valence-electron chi connectivity index (χ1n) is 10.1. The molecular weight excluding hydrogens is 444 g/mol. The van der Waals surface area contributed by atoms with Gasteiger partial charge < -0.3 is 9.64 Å². The second-order valence-electron chi connectivity index (χ2n) is 7.48. The van der Waals surface area contributed by atoms with Gasteiger partial charge in [-0.05, 0) is 47.5 Å². The second kappa shape index (κ2) is 8.68. The van der Waals surface area contributed by atoms with Crippen LogP contribution in [0.15, 0.2) is 66.4 Å². The summed E-state index contributed by atoms with van der Waals surface area (Å²) in [7, 11) is 1.63. The monoisotopic (exact) mass is 462 g/mol. The van der Waals surface area contributed by atoms with Crippen molar-refractivity contribution in [2.24, 2.45) is 0 Å². The van der Waals surface area contributed by atoms with Gasteiger partial charge in [-0.2, -0.15) is 0 Å². The molecule has 4 aromatic rings. The van der Waals surface area contributed by atoms with Gasteiger partial charge in [-0.1, -0.05) is 23.7 Å². The normalized spacial score (nSPS) is 14.9. The lowest BCUT2D eigenvalue weighted by atomic mass is 9.95. The second-order valence-corrected chi connectivity index (χ2v) is 8.78. The Balaban J connectivity index is 1.45. The zero-order valence-corrected chi connectivity index (χ0v) is 18.8. The van der Waals surface area contributed by atoms with Crippen molar-refractivity contribution >= 4 is 34.4 Å². The van der Waals surface area contributed by atoms with Crippen molar-refractivity contribution in [3.63, 3.8) is 0 Å². The summed E-state index contributed by atoms with van der Waals surface area (Å²) in [5, 5.41) is 3.22. The van der Waals surface area contributed by atoms with Crippen molar-refractivity contribution in [1.29, 1.82) is 0 Å². The predicted molar refractivity (Wildman–Crippen MR) is 126 cm³/mol. The molecule has 32 heavy (non-hydrogen) atoms. The van der Waals surface area contributed by atoms with Gasteiger partial charge in [0.25, 0.3) is 0 Å². The van der Waals surface area contributed by atoms with Crippen molar-refractivity contribution < 1.29 is 9.53 Å². The molecule has 0 N–H and O–H groups in total. The van der Waals surface area contributed by atoms with E-state index in [1.807, 2.05) is 47.8 Å². The Kier molecular flexibility index (Phi) is 5.59. The highest BCUT2D eigenvalue weighted by molar-refractivity contribution is 7.13. The first-order valence-corrected chi connectivity index (χ1v) is 11.3. The summed E-state index contributed by atoms with van der Waals surface area (Å²) in [4.78, 5) is 28.5. The van der Waals surface area contributed by atoms with E-state index in [4.69, 9.17) is 16.3 Å². The smallest absolute Gasteiger partial charge is 0.191 e. The van der Waals surface area contributed by atoms with Gasteiger partial charge in [0, 0.05) is 35.4 Å². The van der Waals surface area contributed by atoms with Gasteiger partial charge in [-0.15, -0.1) is 11.3 Å². The molecule has 1 atom stereocenters. The summed E-state index contributed by atoms with van der Waals surface area (Å²) in [6, 6.07) is 15.5. The number of carbonyl (C=O) groups excluding carboxylic acids is 1. The molecule has 0 saturated heterocycles. The average molecular weight is 463 g/mol. The highest BCUT2D eigenvalue weighted by atomic mass is 35.5. The first kappa shape index (κ1) is 20.6. The van der Waals surface area contributed by atoms with E-state index in [0.717, 1.165) is 22.6 Å². The van der Waals surface area contributed by atoms with E-state index < -0.39 is 0 Å². The summed E-state index contributed by atoms with van der Waals surface area (Å²) in [5.41, 5.74) is 4.28. The number of fused-ring (bicyclic) bond motifs is 1. The van der Waals surface area contributed by atoms with Crippen LogP contribution < -0.4 is 9.64 Å². The molecule has 5 rings (SSSR count). The Bertz CT molecular complexity index is 1260. The summed E-state index contributed by atoms with van der Waals surface area (Å²) in [5.74, 6) is 0.400. The molecule has 2 aromatic heterocycles. The number of anilines is 1. The molecule has 1 aliphatic rings. The van der Waals surface area contributed by atoms with Crippen LogP contribution in [-0.4, -0.2) is 34.4 Å². The standard InChI is InChI=1S/C24H19ClN4O2S/c1-31-17-6-7-22-18(10-17)19(12-29(22)11-15-2-4-16(25)5-3-15)23(30)21-13-32-24(28-21)20-8-9-26-14-27-20/h2-10,13-14,19H,11-12H2,1H3. The molecule has 1 unspecified atom stereocenters. The first-order chi connectivity index (χ1) is 15.6. The zero-order chi connectivity index (χ0) is 22.1. The predicted octanol–water partition coefficient (Wildman–Crippen LogP) is 5.25. The fourth-order valence-electron chi connectivity index (χ4n) is 3.93. The maximum atomic E-state index is 13.5. The van der Waals surface area contributed by atoms with E-state index in [1.54, 1.807) is 19.4 Å². The van der Waals surface area contributed by atoms with E-state index in [1.165, 1.54) is 17.7 Å². The molecule has 0 saturated carbocycles. The summed E-state index contributed by atoms with van der Waals surface area (Å²) in [6.45, 7) is 1.26. The number of thiazole rings is 1. The van der Waals surface area contributed by atoms with E-state index in [9.17, 15) is 4.79 Å². The number of methoxy groups -OCH3 is 1. The molecule has 8 heteroatoms. The van der Waals surface area contributed by atoms with Gasteiger partial charge in [0.05, 0.1) is 13.0 Å². The van der Waals surface area contributed by atoms with Crippen LogP contribution in [0.25, 0.3) is 10.7 Å². The van der Waals surface area contributed by atoms with Crippen LogP contribution in [0.3, 0.4) is 0 Å². The number of rotatable bonds is 6. The highest BCUT2D eigenvalue weighted by Crippen LogP contribution is 2.41. The number of Topliss-reactive ketones (excluding diaryl/α,β-unsaturated/α-hetero) is 1. The van der Waals surface area contributed by atoms with Crippen LogP contribution >= 0.6 is 22.9 Å². The molecule has 6 nitrogen and oxygen atoms in total. The Morgan fingerprint density at radius 2 is 2.06 bits per heavy atom. The number of aromatic nitrogens is 3. The average Bonchev–Trinajstić information content (AvgIpc) is 3.46. The Morgan fingerprint density at radius 1 is 1.22 bits per heavy atom. The third-order valence-electron chi connectivity index (χ3n) is 5.51. The number of hydrogen-bond acceptors (Lipinski definition) is 7. The Labute approximate surface area is 194 Å². The van der Waals surface area contributed by atoms with Crippen molar-refractivity contribution in [2.45, 2.75) is 12.5 Å². The van der Waals surface area contributed by atoms with E-state index >= 15 is 0 Å². The molecule has 0 fully saturated rings. The van der Waals surface area contributed by atoms with Crippen molar-refractivity contribution in [3.8, 4) is 16.5 Å². The van der Waals surface area contributed by atoms with Crippen LogP contribution in [0.4, 0.5) is 5.69 Å². The lowest BCUT2D eigenvalue weighted by Gasteiger charge is -2.20. The van der Waals surface area contributed by atoms with E-state index in [0.29, 0.717) is 34.5 Å². The van der Waals surface area contributed by atoms with Crippen LogP contribution in [0.1, 0.15) is 27.5 Å². The molecule has 0 aliphatic carbocycles. The molecule has 2 aromatic carbocycles. The minimum absolute atomic E-state index is 0.00494. The van der Waals surface area contributed by atoms with Crippen LogP contribution in [0, 0.1) is 0 Å². The molecule has 0 spiro atoms. The van der Waals surface area contributed by atoms with Crippen molar-refractivity contribution in [1.82, 2.24) is 15.0 Å². The summed E-state index contributed by atoms with van der Waals surface area (Å²) < 4.78 is 5.43. The quantitative estimate of drug-likeness (QED) is 0.364. The number of halogens is 1. The number of ether oxygens (including phenoxy) is 1. The van der Waals surface area contributed by atoms with Gasteiger partial charge in [0.15, 0.2) is 5.78 Å². The summed E-state index contributed by atoms with van der Waals surface area (Å²) >= 11 is 7.45. The van der Waals surface area contributed by atoms with E-state index in [2.05, 4.69) is 19.9 Å². The highest BCUT2D eigenvalue weighted by Gasteiger charge is 2.35. The third kappa shape index (κ3) is 3.97. The number of nitrogens with zero attached hydrogens (tertiary/aromatic N) is 4. The third-order valence-corrected chi connectivity index (χ3v) is 6.63. The van der Waals surface area contributed by atoms with E-state index in [-0.39, 0.29) is 11.7 Å². The van der Waals surface area contributed by atoms with Crippen LogP contribution in [0.5, 0.6) is 5.75 Å². The molecule has 0 amide bonds. The molecule has 0 radical (unpaired) electrons. The van der Waals surface area contributed by atoms with Gasteiger partial charge in [0.2, 0.25) is 0 Å². The fraction of sp³-hybridized carbons (Fsp3) is 0.167. The topological polar surface area (TPSA) is 68.2 Å². The SMILES string of the molecule is COc1ccc2c(c1)C(C(=O)c1csc(-c3ccncn3)n1)CN2Cc1ccc(Cl)cc1. The lowest BCUT2D eigenvalue weighted by Crippen LogP contribution is -2.24. The maximum Gasteiger partial charge on any atom is 0.191 e. The number of ketones is 1. The van der Waals surface area contributed by atoms with Crippen molar-refractivity contribution in [3.05, 3.63) is 88.3 Å². The van der Waals surface area contributed by atoms with Gasteiger partial charge >= 0.3 is 0 Å². The minimum atomic E-state index is -0.326. The zero-order valence-electron chi connectivity index (χ0n) is 17.2. The van der Waals surface area contributed by atoms with Crippen LogP contribution in [-0.2, 0) is 6.54 Å². The fourth-order valence-corrected chi connectivity index (χ4v) is 4.84. The molecule has 0 bridgehead atoms. The van der Waals surface area contributed by atoms with Gasteiger partial charge in [-0.25, -0.2) is 15.0 Å². The number of hydrogen-bond donors (Lipinski definition) is 0. The molecule has 160 valence electrons. The number of benzene rings is 2. The largest absolute Gasteiger partial charge is 0.497 e. The summed E-state index contributed by atoms with van der Waals surface area (Å²) in [6.07, 6.45) is 3.14. The Morgan fingerprint density at radius 3 is 2.81 bits per heavy atom. The Hall–Kier alpha value is -3.29. The van der Waals surface area contributed by atoms with Gasteiger partial charge in [0.1, 0.15) is 28.5 Å². The lowest BCUT2D eigenvalue weighted by molar-refractivity contribution is 0.0960. The number of carbonyl (C=O) groups is 1.